The lowest BCUT2D eigenvalue weighted by molar-refractivity contribution is -0.117. The van der Waals surface area contributed by atoms with Gasteiger partial charge in [-0.3, -0.25) is 4.79 Å². The molecule has 0 spiro atoms. The number of carbonyl (C=O) groups is 1. The minimum absolute atomic E-state index is 0.178. The molecule has 0 aliphatic rings. The van der Waals surface area contributed by atoms with Crippen LogP contribution >= 0.6 is 11.6 Å². The Balaban J connectivity index is 3.28. The van der Waals surface area contributed by atoms with Crippen molar-refractivity contribution in [2.24, 2.45) is 0 Å². The largest absolute Gasteiger partial charge is 0.485 e. The zero-order valence-electron chi connectivity index (χ0n) is 16.6. The number of benzene rings is 1. The average Bonchev–Trinajstić information content (AvgIpc) is 2.75. The van der Waals surface area contributed by atoms with E-state index in [0.29, 0.717) is 29.6 Å². The van der Waals surface area contributed by atoms with E-state index in [9.17, 15) is 4.79 Å². The maximum atomic E-state index is 11.7. The molecular weight excluding hydrogens is 386 g/mol. The summed E-state index contributed by atoms with van der Waals surface area (Å²) < 4.78 is 11.9. The molecule has 0 unspecified atom stereocenters. The third-order valence-electron chi connectivity index (χ3n) is 3.45. The van der Waals surface area contributed by atoms with Crippen molar-refractivity contribution in [3.8, 4) is 0 Å². The fourth-order valence-corrected chi connectivity index (χ4v) is 2.22. The second kappa shape index (κ2) is 13.9. The van der Waals surface area contributed by atoms with Gasteiger partial charge in [-0.1, -0.05) is 68.3 Å². The van der Waals surface area contributed by atoms with E-state index in [4.69, 9.17) is 21.1 Å². The standard InChI is InChI=1S/C24H26ClNO3/c1-5-9-16-23(22(8-4)28-18-19-14-11-10-12-15-19)29-21(7-3)20(13-6-2)26-24(27)17-25/h5-16H,1,3-4,17-18H2,2H3,(H,26,27)/b13-6-,16-9-,21-20-,23-22-. The lowest BCUT2D eigenvalue weighted by Gasteiger charge is -2.16. The van der Waals surface area contributed by atoms with Crippen LogP contribution in [0.4, 0.5) is 0 Å². The molecule has 0 bridgehead atoms. The molecular formula is C24H26ClNO3. The first kappa shape index (κ1) is 23.8. The van der Waals surface area contributed by atoms with Crippen LogP contribution in [0.25, 0.3) is 0 Å². The Morgan fingerprint density at radius 1 is 1.07 bits per heavy atom. The fraction of sp³-hybridized carbons (Fsp3) is 0.125. The number of alkyl halides is 1. The van der Waals surface area contributed by atoms with Gasteiger partial charge in [0.05, 0.1) is 5.70 Å². The molecule has 1 N–H and O–H groups in total. The number of carbonyl (C=O) groups excluding carboxylic acids is 1. The van der Waals surface area contributed by atoms with E-state index in [2.05, 4.69) is 25.1 Å². The van der Waals surface area contributed by atoms with E-state index in [1.807, 2.05) is 37.3 Å². The summed E-state index contributed by atoms with van der Waals surface area (Å²) in [7, 11) is 0. The zero-order chi connectivity index (χ0) is 21.5. The first-order chi connectivity index (χ1) is 14.1. The molecule has 0 aliphatic heterocycles. The lowest BCUT2D eigenvalue weighted by Crippen LogP contribution is -2.24. The maximum Gasteiger partial charge on any atom is 0.239 e. The quantitative estimate of drug-likeness (QED) is 0.273. The predicted octanol–water partition coefficient (Wildman–Crippen LogP) is 5.69. The number of amides is 1. The van der Waals surface area contributed by atoms with Gasteiger partial charge >= 0.3 is 0 Å². The van der Waals surface area contributed by atoms with E-state index in [0.717, 1.165) is 5.56 Å². The number of nitrogens with one attached hydrogen (secondary N) is 1. The second-order valence-electron chi connectivity index (χ2n) is 5.57. The Labute approximate surface area is 177 Å². The summed E-state index contributed by atoms with van der Waals surface area (Å²) in [5.74, 6) is 0.595. The van der Waals surface area contributed by atoms with Crippen LogP contribution in [0, 0.1) is 0 Å². The van der Waals surface area contributed by atoms with Crippen molar-refractivity contribution in [3.05, 3.63) is 121 Å². The van der Waals surface area contributed by atoms with Crippen molar-refractivity contribution in [2.45, 2.75) is 13.5 Å². The highest BCUT2D eigenvalue weighted by Gasteiger charge is 2.12. The highest BCUT2D eigenvalue weighted by molar-refractivity contribution is 6.27. The Hall–Kier alpha value is -3.24. The monoisotopic (exact) mass is 411 g/mol. The molecule has 0 aliphatic carbocycles. The Morgan fingerprint density at radius 2 is 1.76 bits per heavy atom. The van der Waals surface area contributed by atoms with Crippen LogP contribution in [-0.4, -0.2) is 11.8 Å². The van der Waals surface area contributed by atoms with E-state index < -0.39 is 0 Å². The molecule has 5 heteroatoms. The van der Waals surface area contributed by atoms with E-state index in [-0.39, 0.29) is 11.8 Å². The van der Waals surface area contributed by atoms with Crippen LogP contribution in [-0.2, 0) is 20.9 Å². The minimum atomic E-state index is -0.362. The molecule has 0 radical (unpaired) electrons. The van der Waals surface area contributed by atoms with Gasteiger partial charge in [-0.15, -0.1) is 11.6 Å². The van der Waals surface area contributed by atoms with Gasteiger partial charge in [0.1, 0.15) is 12.5 Å². The van der Waals surface area contributed by atoms with Crippen LogP contribution in [0.3, 0.4) is 0 Å². The van der Waals surface area contributed by atoms with Gasteiger partial charge in [-0.05, 0) is 36.8 Å². The summed E-state index contributed by atoms with van der Waals surface area (Å²) in [6, 6.07) is 9.73. The first-order valence-corrected chi connectivity index (χ1v) is 9.48. The van der Waals surface area contributed by atoms with Gasteiger partial charge in [-0.2, -0.15) is 0 Å². The normalized spacial score (nSPS) is 12.8. The molecule has 1 aromatic rings. The van der Waals surface area contributed by atoms with Crippen LogP contribution in [0.5, 0.6) is 0 Å². The highest BCUT2D eigenvalue weighted by atomic mass is 35.5. The molecule has 1 rings (SSSR count). The predicted molar refractivity (Wildman–Crippen MR) is 120 cm³/mol. The fourth-order valence-electron chi connectivity index (χ4n) is 2.15. The van der Waals surface area contributed by atoms with Crippen LogP contribution in [0.1, 0.15) is 12.5 Å². The molecule has 29 heavy (non-hydrogen) atoms. The van der Waals surface area contributed by atoms with E-state index in [1.165, 1.54) is 6.08 Å². The molecule has 0 fully saturated rings. The average molecular weight is 412 g/mol. The second-order valence-corrected chi connectivity index (χ2v) is 5.83. The molecule has 0 saturated heterocycles. The highest BCUT2D eigenvalue weighted by Crippen LogP contribution is 2.20. The summed E-state index contributed by atoms with van der Waals surface area (Å²) in [4.78, 5) is 11.7. The third-order valence-corrected chi connectivity index (χ3v) is 3.69. The van der Waals surface area contributed by atoms with Gasteiger partial charge in [0, 0.05) is 0 Å². The number of ether oxygens (including phenoxy) is 2. The number of allylic oxidation sites excluding steroid dienone is 7. The number of rotatable bonds is 12. The van der Waals surface area contributed by atoms with Crippen molar-refractivity contribution < 1.29 is 14.3 Å². The van der Waals surface area contributed by atoms with Crippen molar-refractivity contribution in [1.82, 2.24) is 5.32 Å². The van der Waals surface area contributed by atoms with E-state index >= 15 is 0 Å². The maximum absolute atomic E-state index is 11.7. The number of halogens is 1. The van der Waals surface area contributed by atoms with E-state index in [1.54, 1.807) is 36.5 Å². The topological polar surface area (TPSA) is 47.6 Å². The Bertz CT molecular complexity index is 833. The molecule has 4 nitrogen and oxygen atoms in total. The molecule has 0 aromatic heterocycles. The van der Waals surface area contributed by atoms with Crippen molar-refractivity contribution in [1.29, 1.82) is 0 Å². The summed E-state index contributed by atoms with van der Waals surface area (Å²) in [5.41, 5.74) is 1.42. The van der Waals surface area contributed by atoms with Crippen LogP contribution in [0.15, 0.2) is 116 Å². The summed E-state index contributed by atoms with van der Waals surface area (Å²) >= 11 is 5.60. The van der Waals surface area contributed by atoms with Crippen molar-refractivity contribution in [2.75, 3.05) is 5.88 Å². The molecule has 0 atom stereocenters. The van der Waals surface area contributed by atoms with Crippen LogP contribution in [0.2, 0.25) is 0 Å². The summed E-state index contributed by atoms with van der Waals surface area (Å²) in [5, 5.41) is 2.69. The molecule has 1 aromatic carbocycles. The van der Waals surface area contributed by atoms with Gasteiger partial charge in [0.2, 0.25) is 5.91 Å². The molecule has 0 saturated carbocycles. The molecule has 1 amide bonds. The minimum Gasteiger partial charge on any atom is -0.485 e. The Morgan fingerprint density at radius 3 is 2.31 bits per heavy atom. The van der Waals surface area contributed by atoms with Gasteiger partial charge in [-0.25, -0.2) is 0 Å². The van der Waals surface area contributed by atoms with Gasteiger partial charge in [0.15, 0.2) is 17.3 Å². The van der Waals surface area contributed by atoms with Crippen LogP contribution < -0.4 is 5.32 Å². The molecule has 0 heterocycles. The zero-order valence-corrected chi connectivity index (χ0v) is 17.3. The molecule has 152 valence electrons. The first-order valence-electron chi connectivity index (χ1n) is 8.95. The number of hydrogen-bond acceptors (Lipinski definition) is 3. The number of hydrogen-bond donors (Lipinski definition) is 1. The summed E-state index contributed by atoms with van der Waals surface area (Å²) in [6.45, 7) is 13.4. The lowest BCUT2D eigenvalue weighted by atomic mass is 10.2. The Kier molecular flexibility index (Phi) is 11.4. The SMILES string of the molecule is C=C/C=C\C(O/C(C=C)=C(/C=C\C)NC(=O)CCl)=C(/C=C)OCc1ccccc1. The summed E-state index contributed by atoms with van der Waals surface area (Å²) in [6.07, 6.45) is 11.5. The van der Waals surface area contributed by atoms with Gasteiger partial charge in [0.25, 0.3) is 0 Å². The van der Waals surface area contributed by atoms with Gasteiger partial charge < -0.3 is 14.8 Å². The smallest absolute Gasteiger partial charge is 0.239 e. The van der Waals surface area contributed by atoms with Crippen molar-refractivity contribution in [3.63, 3.8) is 0 Å². The van der Waals surface area contributed by atoms with Crippen molar-refractivity contribution >= 4 is 17.5 Å². The third kappa shape index (κ3) is 8.54.